The number of hydrogen-bond acceptors (Lipinski definition) is 6. The van der Waals surface area contributed by atoms with Crippen LogP contribution in [-0.2, 0) is 14.4 Å². The minimum Gasteiger partial charge on any atom is -0.266 e. The van der Waals surface area contributed by atoms with Gasteiger partial charge in [0.15, 0.2) is 0 Å². The van der Waals surface area contributed by atoms with Crippen LogP contribution in [0.1, 0.15) is 58.9 Å². The normalized spacial score (nSPS) is 13.9. The smallest absolute Gasteiger partial charge is 0.266 e. The first kappa shape index (κ1) is 25.1. The summed E-state index contributed by atoms with van der Waals surface area (Å²) in [6.07, 6.45) is 4.67. The minimum absolute atomic E-state index is 0.159. The molecule has 0 radical (unpaired) electrons. The van der Waals surface area contributed by atoms with E-state index in [-0.39, 0.29) is 21.6 Å². The lowest BCUT2D eigenvalue weighted by Gasteiger charge is -2.25. The van der Waals surface area contributed by atoms with Crippen LogP contribution in [0, 0.1) is 11.8 Å². The number of thioether (sulfide) groups is 1. The van der Waals surface area contributed by atoms with Gasteiger partial charge in [-0.1, -0.05) is 50.2 Å². The third-order valence-electron chi connectivity index (χ3n) is 4.87. The van der Waals surface area contributed by atoms with E-state index >= 15 is 0 Å². The van der Waals surface area contributed by atoms with Gasteiger partial charge >= 0.3 is 15.6 Å². The van der Waals surface area contributed by atoms with Gasteiger partial charge in [0.25, 0.3) is 11.8 Å². The fourth-order valence-corrected chi connectivity index (χ4v) is 4.42. The zero-order chi connectivity index (χ0) is 24.2. The number of hydroxylamine groups is 2. The fourth-order valence-electron chi connectivity index (χ4n) is 3.28. The number of benzene rings is 2. The number of carbonyl (C=O) groups excluding carboxylic acids is 2. The Hall–Kier alpha value is -2.55. The van der Waals surface area contributed by atoms with E-state index in [0.29, 0.717) is 16.7 Å². The molecule has 0 aromatic heterocycles. The topological polar surface area (TPSA) is 80.8 Å². The predicted molar refractivity (Wildman–Crippen MR) is 119 cm³/mol. The quantitative estimate of drug-likeness (QED) is 0.223. The molecule has 11 heteroatoms. The Bertz CT molecular complexity index is 1220. The number of imide groups is 1. The largest absolute Gasteiger partial charge is 0.525 e. The highest BCUT2D eigenvalue weighted by Crippen LogP contribution is 2.34. The Morgan fingerprint density at radius 3 is 2.39 bits per heavy atom. The molecule has 0 spiro atoms. The second kappa shape index (κ2) is 10.2. The standard InChI is InChI=1S/C22H20F3NO5S2/c1-2-3-4-5-13-32-14-7-8-15-11-12-18-19-16(15)9-6-10-17(19)20(27)26(21(18)28)31-33(29,30)22(23,24)25/h6,9-12H,2-5,13-14H2,1H3. The molecule has 0 saturated carbocycles. The van der Waals surface area contributed by atoms with E-state index in [1.54, 1.807) is 17.8 Å². The van der Waals surface area contributed by atoms with E-state index in [1.165, 1.54) is 43.5 Å². The van der Waals surface area contributed by atoms with Crippen LogP contribution < -0.4 is 0 Å². The van der Waals surface area contributed by atoms with Crippen LogP contribution in [0.2, 0.25) is 0 Å². The highest BCUT2D eigenvalue weighted by molar-refractivity contribution is 7.99. The molecule has 1 heterocycles. The molecule has 0 unspecified atom stereocenters. The Kier molecular flexibility index (Phi) is 7.72. The molecule has 1 aliphatic rings. The molecule has 2 aromatic rings. The maximum atomic E-state index is 12.7. The molecule has 1 aliphatic heterocycles. The third kappa shape index (κ3) is 5.34. The average Bonchev–Trinajstić information content (AvgIpc) is 2.76. The third-order valence-corrected chi connectivity index (χ3v) is 6.70. The van der Waals surface area contributed by atoms with Crippen molar-refractivity contribution in [3.63, 3.8) is 0 Å². The van der Waals surface area contributed by atoms with Crippen molar-refractivity contribution in [2.24, 2.45) is 0 Å². The van der Waals surface area contributed by atoms with Crippen molar-refractivity contribution in [3.05, 3.63) is 47.0 Å². The van der Waals surface area contributed by atoms with Crippen molar-refractivity contribution in [3.8, 4) is 11.8 Å². The second-order valence-corrected chi connectivity index (χ2v) is 9.81. The molecule has 2 amide bonds. The first-order valence-electron chi connectivity index (χ1n) is 10.1. The first-order valence-corrected chi connectivity index (χ1v) is 12.7. The molecule has 6 nitrogen and oxygen atoms in total. The maximum absolute atomic E-state index is 12.7. The average molecular weight is 500 g/mol. The summed E-state index contributed by atoms with van der Waals surface area (Å²) in [4.78, 5) is 25.3. The molecule has 0 fully saturated rings. The number of halogens is 3. The van der Waals surface area contributed by atoms with Crippen molar-refractivity contribution in [2.75, 3.05) is 11.5 Å². The molecule has 3 rings (SSSR count). The van der Waals surface area contributed by atoms with E-state index in [4.69, 9.17) is 0 Å². The van der Waals surface area contributed by atoms with Crippen LogP contribution in [0.3, 0.4) is 0 Å². The van der Waals surface area contributed by atoms with Crippen molar-refractivity contribution in [2.45, 2.75) is 38.1 Å². The van der Waals surface area contributed by atoms with Gasteiger partial charge in [0.05, 0.1) is 16.9 Å². The highest BCUT2D eigenvalue weighted by atomic mass is 32.2. The second-order valence-electron chi connectivity index (χ2n) is 7.18. The Labute approximate surface area is 193 Å². The zero-order valence-corrected chi connectivity index (χ0v) is 19.2. The summed E-state index contributed by atoms with van der Waals surface area (Å²) >= 11 is 1.70. The van der Waals surface area contributed by atoms with Gasteiger partial charge < -0.3 is 0 Å². The van der Waals surface area contributed by atoms with Gasteiger partial charge in [-0.05, 0) is 35.8 Å². The lowest BCUT2D eigenvalue weighted by atomic mass is 9.92. The van der Waals surface area contributed by atoms with Crippen LogP contribution >= 0.6 is 11.8 Å². The summed E-state index contributed by atoms with van der Waals surface area (Å²) < 4.78 is 64.6. The summed E-state index contributed by atoms with van der Waals surface area (Å²) in [7, 11) is -6.21. The summed E-state index contributed by atoms with van der Waals surface area (Å²) in [6, 6.07) is 7.18. The van der Waals surface area contributed by atoms with E-state index in [0.717, 1.165) is 12.2 Å². The Morgan fingerprint density at radius 2 is 1.73 bits per heavy atom. The number of carbonyl (C=O) groups is 2. The van der Waals surface area contributed by atoms with Gasteiger partial charge in [0, 0.05) is 10.9 Å². The van der Waals surface area contributed by atoms with Crippen molar-refractivity contribution in [1.82, 2.24) is 5.06 Å². The van der Waals surface area contributed by atoms with Crippen molar-refractivity contribution in [1.29, 1.82) is 0 Å². The molecular formula is C22H20F3NO5S2. The molecule has 0 N–H and O–H groups in total. The molecular weight excluding hydrogens is 479 g/mol. The Balaban J connectivity index is 1.86. The number of amides is 2. The van der Waals surface area contributed by atoms with E-state index < -0.39 is 27.4 Å². The van der Waals surface area contributed by atoms with Gasteiger partial charge in [-0.3, -0.25) is 9.59 Å². The first-order chi connectivity index (χ1) is 15.6. The summed E-state index contributed by atoms with van der Waals surface area (Å²) in [5.41, 5.74) is -5.57. The number of hydrogen-bond donors (Lipinski definition) is 0. The number of alkyl halides is 3. The Morgan fingerprint density at radius 1 is 1.03 bits per heavy atom. The summed E-state index contributed by atoms with van der Waals surface area (Å²) in [5, 5.41) is 0.279. The van der Waals surface area contributed by atoms with E-state index in [2.05, 4.69) is 23.0 Å². The lowest BCUT2D eigenvalue weighted by molar-refractivity contribution is -0.0761. The van der Waals surface area contributed by atoms with Crippen LogP contribution in [0.15, 0.2) is 30.3 Å². The van der Waals surface area contributed by atoms with Gasteiger partial charge in [-0.2, -0.15) is 21.6 Å². The molecule has 2 aromatic carbocycles. The van der Waals surface area contributed by atoms with Crippen molar-refractivity contribution < 1.29 is 35.5 Å². The minimum atomic E-state index is -6.21. The van der Waals surface area contributed by atoms with Crippen LogP contribution in [0.4, 0.5) is 13.2 Å². The fraction of sp³-hybridized carbons (Fsp3) is 0.364. The van der Waals surface area contributed by atoms with Gasteiger partial charge in [-0.25, -0.2) is 0 Å². The monoisotopic (exact) mass is 499 g/mol. The number of nitrogens with zero attached hydrogens (tertiary/aromatic N) is 1. The van der Waals surface area contributed by atoms with E-state index in [1.807, 2.05) is 0 Å². The van der Waals surface area contributed by atoms with Gasteiger partial charge in [-0.15, -0.1) is 21.1 Å². The number of rotatable bonds is 8. The molecule has 0 aliphatic carbocycles. The SMILES string of the molecule is CCCCCCSCC#Cc1ccc2c3c(cccc13)C(=O)N(OS(=O)(=O)C(F)(F)F)C2=O. The molecule has 176 valence electrons. The van der Waals surface area contributed by atoms with E-state index in [9.17, 15) is 31.2 Å². The molecule has 33 heavy (non-hydrogen) atoms. The lowest BCUT2D eigenvalue weighted by Crippen LogP contribution is -2.44. The molecule has 0 bridgehead atoms. The van der Waals surface area contributed by atoms with Crippen LogP contribution in [-0.4, -0.2) is 42.3 Å². The molecule has 0 saturated heterocycles. The van der Waals surface area contributed by atoms with Crippen molar-refractivity contribution >= 4 is 44.5 Å². The summed E-state index contributed by atoms with van der Waals surface area (Å²) in [5.74, 6) is 5.04. The predicted octanol–water partition coefficient (Wildman–Crippen LogP) is 4.88. The maximum Gasteiger partial charge on any atom is 0.525 e. The summed E-state index contributed by atoms with van der Waals surface area (Å²) in [6.45, 7) is 2.15. The number of unbranched alkanes of at least 4 members (excludes halogenated alkanes) is 3. The van der Waals surface area contributed by atoms with Crippen LogP contribution in [0.25, 0.3) is 10.8 Å². The van der Waals surface area contributed by atoms with Crippen LogP contribution in [0.5, 0.6) is 0 Å². The zero-order valence-electron chi connectivity index (χ0n) is 17.6. The van der Waals surface area contributed by atoms with Gasteiger partial charge in [0.1, 0.15) is 0 Å². The van der Waals surface area contributed by atoms with Gasteiger partial charge in [0.2, 0.25) is 0 Å². The highest BCUT2D eigenvalue weighted by Gasteiger charge is 2.51. The molecule has 0 atom stereocenters.